The molecule has 0 heterocycles. The van der Waals surface area contributed by atoms with E-state index in [0.29, 0.717) is 6.61 Å². The highest BCUT2D eigenvalue weighted by atomic mass is 79.9. The highest BCUT2D eigenvalue weighted by Gasteiger charge is 2.69. The highest BCUT2D eigenvalue weighted by Crippen LogP contribution is 2.68. The van der Waals surface area contributed by atoms with Crippen LogP contribution in [0.2, 0.25) is 0 Å². The summed E-state index contributed by atoms with van der Waals surface area (Å²) in [5, 5.41) is 0. The van der Waals surface area contributed by atoms with Gasteiger partial charge in [-0.25, -0.2) is 0 Å². The van der Waals surface area contributed by atoms with Crippen LogP contribution in [0, 0.1) is 30.6 Å². The zero-order valence-electron chi connectivity index (χ0n) is 13.1. The first kappa shape index (κ1) is 15.6. The molecule has 2 rings (SSSR count). The third kappa shape index (κ3) is 2.30. The molecule has 0 atom stereocenters. The second-order valence-electron chi connectivity index (χ2n) is 6.95. The van der Waals surface area contributed by atoms with Crippen LogP contribution in [0.4, 0.5) is 0 Å². The average molecular weight is 339 g/mol. The van der Waals surface area contributed by atoms with E-state index in [2.05, 4.69) is 43.6 Å². The average Bonchev–Trinajstić information content (AvgIpc) is 2.74. The summed E-state index contributed by atoms with van der Waals surface area (Å²) in [6, 6.07) is 4.08. The van der Waals surface area contributed by atoms with Crippen LogP contribution in [0.25, 0.3) is 0 Å². The minimum Gasteiger partial charge on any atom is -0.461 e. The van der Waals surface area contributed by atoms with Crippen LogP contribution >= 0.6 is 15.9 Å². The lowest BCUT2D eigenvalue weighted by Gasteiger charge is -2.12. The van der Waals surface area contributed by atoms with Gasteiger partial charge in [-0.15, -0.1) is 0 Å². The van der Waals surface area contributed by atoms with Gasteiger partial charge in [-0.2, -0.15) is 0 Å². The van der Waals surface area contributed by atoms with Gasteiger partial charge in [-0.05, 0) is 47.4 Å². The predicted octanol–water partition coefficient (Wildman–Crippen LogP) is 4.79. The molecule has 0 bridgehead atoms. The second kappa shape index (κ2) is 4.87. The number of rotatable bonds is 3. The monoisotopic (exact) mass is 338 g/mol. The maximum Gasteiger partial charge on any atom is 0.310 e. The van der Waals surface area contributed by atoms with E-state index in [1.165, 1.54) is 0 Å². The molecule has 0 N–H and O–H groups in total. The molecule has 0 radical (unpaired) electrons. The van der Waals surface area contributed by atoms with Crippen LogP contribution in [-0.4, -0.2) is 5.97 Å². The fourth-order valence-electron chi connectivity index (χ4n) is 3.10. The van der Waals surface area contributed by atoms with Gasteiger partial charge in [0.1, 0.15) is 6.61 Å². The zero-order valence-corrected chi connectivity index (χ0v) is 14.7. The molecule has 1 saturated carbocycles. The fourth-order valence-corrected chi connectivity index (χ4v) is 3.47. The Morgan fingerprint density at radius 3 is 2.25 bits per heavy atom. The maximum absolute atomic E-state index is 12.3. The number of carbonyl (C=O) groups is 1. The summed E-state index contributed by atoms with van der Waals surface area (Å²) in [6.07, 6.45) is 0. The predicted molar refractivity (Wildman–Crippen MR) is 84.5 cm³/mol. The topological polar surface area (TPSA) is 26.3 Å². The molecule has 1 fully saturated rings. The number of esters is 1. The van der Waals surface area contributed by atoms with E-state index < -0.39 is 0 Å². The van der Waals surface area contributed by atoms with Crippen molar-refractivity contribution in [3.63, 3.8) is 0 Å². The molecule has 2 nitrogen and oxygen atoms in total. The molecule has 110 valence electrons. The quantitative estimate of drug-likeness (QED) is 0.740. The molecule has 3 heteroatoms. The van der Waals surface area contributed by atoms with E-state index >= 15 is 0 Å². The summed E-state index contributed by atoms with van der Waals surface area (Å²) in [5.74, 6) is -0.0680. The number of benzene rings is 1. The van der Waals surface area contributed by atoms with Crippen LogP contribution in [-0.2, 0) is 16.1 Å². The number of ether oxygens (including phenoxy) is 1. The summed E-state index contributed by atoms with van der Waals surface area (Å²) in [5.41, 5.74) is 3.47. The molecule has 0 aliphatic heterocycles. The largest absolute Gasteiger partial charge is 0.461 e. The Hall–Kier alpha value is -0.830. The van der Waals surface area contributed by atoms with Crippen LogP contribution in [0.3, 0.4) is 0 Å². The Morgan fingerprint density at radius 1 is 1.20 bits per heavy atom. The fraction of sp³-hybridized carbons (Fsp3) is 0.588. The Morgan fingerprint density at radius 2 is 1.75 bits per heavy atom. The van der Waals surface area contributed by atoms with Crippen molar-refractivity contribution in [2.45, 2.75) is 48.1 Å². The molecule has 0 saturated heterocycles. The standard InChI is InChI=1S/C17H23BrO2/c1-10-7-8-13(18)11(2)12(10)9-20-15(19)14-16(3,4)17(14,5)6/h7-8,14H,9H2,1-6H3. The van der Waals surface area contributed by atoms with Crippen molar-refractivity contribution >= 4 is 21.9 Å². The number of hydrogen-bond donors (Lipinski definition) is 0. The minimum absolute atomic E-state index is 0.00256. The number of hydrogen-bond acceptors (Lipinski definition) is 2. The summed E-state index contributed by atoms with van der Waals surface area (Å²) < 4.78 is 6.64. The van der Waals surface area contributed by atoms with Gasteiger partial charge < -0.3 is 4.74 Å². The van der Waals surface area contributed by atoms with Crippen molar-refractivity contribution in [1.82, 2.24) is 0 Å². The Balaban J connectivity index is 2.08. The molecule has 0 unspecified atom stereocenters. The summed E-state index contributed by atoms with van der Waals surface area (Å²) >= 11 is 3.52. The summed E-state index contributed by atoms with van der Waals surface area (Å²) in [4.78, 5) is 12.3. The first-order chi connectivity index (χ1) is 9.10. The molecule has 0 amide bonds. The van der Waals surface area contributed by atoms with E-state index in [1.807, 2.05) is 26.0 Å². The molecular formula is C17H23BrO2. The van der Waals surface area contributed by atoms with Gasteiger partial charge in [0.05, 0.1) is 5.92 Å². The van der Waals surface area contributed by atoms with E-state index in [1.54, 1.807) is 0 Å². The number of carbonyl (C=O) groups excluding carboxylic acids is 1. The van der Waals surface area contributed by atoms with Gasteiger partial charge >= 0.3 is 5.97 Å². The van der Waals surface area contributed by atoms with Crippen molar-refractivity contribution in [2.75, 3.05) is 0 Å². The van der Waals surface area contributed by atoms with Gasteiger partial charge in [0, 0.05) is 4.47 Å². The lowest BCUT2D eigenvalue weighted by molar-refractivity contribution is -0.148. The van der Waals surface area contributed by atoms with E-state index in [-0.39, 0.29) is 22.7 Å². The molecule has 1 aliphatic carbocycles. The van der Waals surface area contributed by atoms with Crippen molar-refractivity contribution in [3.8, 4) is 0 Å². The van der Waals surface area contributed by atoms with Gasteiger partial charge in [0.15, 0.2) is 0 Å². The van der Waals surface area contributed by atoms with Gasteiger partial charge in [0.2, 0.25) is 0 Å². The third-order valence-electron chi connectivity index (χ3n) is 5.38. The molecule has 20 heavy (non-hydrogen) atoms. The zero-order chi connectivity index (χ0) is 15.3. The normalized spacial score (nSPS) is 19.8. The van der Waals surface area contributed by atoms with Crippen LogP contribution in [0.5, 0.6) is 0 Å². The molecule has 1 aromatic rings. The maximum atomic E-state index is 12.3. The van der Waals surface area contributed by atoms with Crippen molar-refractivity contribution in [1.29, 1.82) is 0 Å². The van der Waals surface area contributed by atoms with Crippen LogP contribution in [0.15, 0.2) is 16.6 Å². The second-order valence-corrected chi connectivity index (χ2v) is 7.81. The summed E-state index contributed by atoms with van der Waals surface area (Å²) in [6.45, 7) is 13.0. The van der Waals surface area contributed by atoms with E-state index in [0.717, 1.165) is 21.2 Å². The molecule has 1 aliphatic rings. The van der Waals surface area contributed by atoms with Crippen molar-refractivity contribution in [3.05, 3.63) is 33.3 Å². The minimum atomic E-state index is -0.0706. The van der Waals surface area contributed by atoms with Gasteiger partial charge in [-0.3, -0.25) is 4.79 Å². The van der Waals surface area contributed by atoms with Crippen LogP contribution < -0.4 is 0 Å². The van der Waals surface area contributed by atoms with E-state index in [4.69, 9.17) is 4.74 Å². The van der Waals surface area contributed by atoms with Crippen molar-refractivity contribution in [2.24, 2.45) is 16.7 Å². The number of halogens is 1. The Labute approximate surface area is 130 Å². The SMILES string of the molecule is Cc1ccc(Br)c(C)c1COC(=O)C1C(C)(C)C1(C)C. The molecular weight excluding hydrogens is 316 g/mol. The smallest absolute Gasteiger partial charge is 0.310 e. The molecule has 0 spiro atoms. The molecule has 1 aromatic carbocycles. The van der Waals surface area contributed by atoms with Crippen LogP contribution in [0.1, 0.15) is 44.4 Å². The first-order valence-corrected chi connectivity index (χ1v) is 7.81. The Kier molecular flexibility index (Phi) is 3.79. The summed E-state index contributed by atoms with van der Waals surface area (Å²) in [7, 11) is 0. The lowest BCUT2D eigenvalue weighted by Crippen LogP contribution is -2.12. The third-order valence-corrected chi connectivity index (χ3v) is 6.24. The van der Waals surface area contributed by atoms with Gasteiger partial charge in [-0.1, -0.05) is 49.7 Å². The van der Waals surface area contributed by atoms with Gasteiger partial charge in [0.25, 0.3) is 0 Å². The lowest BCUT2D eigenvalue weighted by atomic mass is 10.0. The number of aryl methyl sites for hydroxylation is 1. The highest BCUT2D eigenvalue weighted by molar-refractivity contribution is 9.10. The van der Waals surface area contributed by atoms with Crippen molar-refractivity contribution < 1.29 is 9.53 Å². The van der Waals surface area contributed by atoms with E-state index in [9.17, 15) is 4.79 Å². The Bertz CT molecular complexity index is 544. The first-order valence-electron chi connectivity index (χ1n) is 7.02. The molecule has 0 aromatic heterocycles.